The van der Waals surface area contributed by atoms with E-state index in [1.54, 1.807) is 5.38 Å². The molecule has 0 aliphatic carbocycles. The zero-order chi connectivity index (χ0) is 12.6. The number of nitrogens with two attached hydrogens (primary N) is 1. The van der Waals surface area contributed by atoms with E-state index in [4.69, 9.17) is 5.73 Å². The number of aromatic nitrogens is 1. The molecular weight excluding hydrogens is 236 g/mol. The number of anilines is 1. The monoisotopic (exact) mass is 254 g/mol. The van der Waals surface area contributed by atoms with Gasteiger partial charge in [-0.05, 0) is 20.9 Å². The van der Waals surface area contributed by atoms with Crippen LogP contribution in [0.25, 0.3) is 0 Å². The molecule has 2 heterocycles. The van der Waals surface area contributed by atoms with Crippen molar-refractivity contribution < 1.29 is 4.79 Å². The lowest BCUT2D eigenvalue weighted by Gasteiger charge is -2.45. The molecule has 0 radical (unpaired) electrons. The lowest BCUT2D eigenvalue weighted by molar-refractivity contribution is 0.0308. The zero-order valence-corrected chi connectivity index (χ0v) is 11.3. The van der Waals surface area contributed by atoms with Crippen LogP contribution in [-0.4, -0.2) is 52.9 Å². The number of nitrogen functional groups attached to an aromatic ring is 1. The largest absolute Gasteiger partial charge is 0.375 e. The number of hydrogen-bond acceptors (Lipinski definition) is 5. The van der Waals surface area contributed by atoms with E-state index in [1.165, 1.54) is 11.3 Å². The van der Waals surface area contributed by atoms with Crippen molar-refractivity contribution in [2.45, 2.75) is 19.4 Å². The van der Waals surface area contributed by atoms with Crippen molar-refractivity contribution in [3.8, 4) is 0 Å². The van der Waals surface area contributed by atoms with E-state index in [-0.39, 0.29) is 11.4 Å². The molecule has 0 atom stereocenters. The van der Waals surface area contributed by atoms with Crippen LogP contribution in [0.1, 0.15) is 24.3 Å². The molecule has 1 aliphatic heterocycles. The fourth-order valence-electron chi connectivity index (χ4n) is 1.96. The maximum absolute atomic E-state index is 12.2. The van der Waals surface area contributed by atoms with Crippen LogP contribution in [0.4, 0.5) is 5.13 Å². The van der Waals surface area contributed by atoms with E-state index in [1.807, 2.05) is 4.90 Å². The van der Waals surface area contributed by atoms with Crippen LogP contribution in [0.2, 0.25) is 0 Å². The molecule has 0 unspecified atom stereocenters. The third kappa shape index (κ3) is 2.42. The minimum Gasteiger partial charge on any atom is -0.375 e. The van der Waals surface area contributed by atoms with E-state index in [0.29, 0.717) is 10.8 Å². The Morgan fingerprint density at radius 3 is 2.76 bits per heavy atom. The third-order valence-electron chi connectivity index (χ3n) is 3.34. The Bertz CT molecular complexity index is 429. The summed E-state index contributed by atoms with van der Waals surface area (Å²) in [5.41, 5.74) is 6.02. The van der Waals surface area contributed by atoms with Crippen LogP contribution >= 0.6 is 11.3 Å². The van der Waals surface area contributed by atoms with Gasteiger partial charge in [0.05, 0.1) is 0 Å². The summed E-state index contributed by atoms with van der Waals surface area (Å²) in [5.74, 6) is -0.0147. The first-order chi connectivity index (χ1) is 7.90. The molecule has 1 aromatic heterocycles. The number of amides is 1. The molecule has 0 spiro atoms. The maximum atomic E-state index is 12.2. The van der Waals surface area contributed by atoms with Gasteiger partial charge in [-0.15, -0.1) is 11.3 Å². The van der Waals surface area contributed by atoms with Gasteiger partial charge in [0.15, 0.2) is 5.13 Å². The molecule has 1 aromatic rings. The molecule has 6 heteroatoms. The number of likely N-dealkylation sites (N-methyl/N-ethyl adjacent to an activating group) is 1. The number of carbonyl (C=O) groups is 1. The Morgan fingerprint density at radius 2 is 2.24 bits per heavy atom. The first-order valence-electron chi connectivity index (χ1n) is 5.62. The Kier molecular flexibility index (Phi) is 3.09. The minimum absolute atomic E-state index is 0.00940. The van der Waals surface area contributed by atoms with Crippen LogP contribution in [0.15, 0.2) is 5.38 Å². The molecule has 2 rings (SSSR count). The summed E-state index contributed by atoms with van der Waals surface area (Å²) in [7, 11) is 2.09. The maximum Gasteiger partial charge on any atom is 0.273 e. The number of rotatable bonds is 1. The summed E-state index contributed by atoms with van der Waals surface area (Å²) >= 11 is 1.31. The highest BCUT2D eigenvalue weighted by Crippen LogP contribution is 2.21. The molecule has 5 nitrogen and oxygen atoms in total. The van der Waals surface area contributed by atoms with Crippen molar-refractivity contribution in [1.82, 2.24) is 14.8 Å². The standard InChI is InChI=1S/C11H18N4OS/c1-11(2)7-15(5-4-14(11)3)9(16)8-6-17-10(12)13-8/h6H,4-5,7H2,1-3H3,(H2,12,13). The first kappa shape index (κ1) is 12.3. The number of hydrogen-bond donors (Lipinski definition) is 1. The minimum atomic E-state index is -0.0147. The van der Waals surface area contributed by atoms with Crippen LogP contribution < -0.4 is 5.73 Å². The predicted molar refractivity (Wildman–Crippen MR) is 69.1 cm³/mol. The second-order valence-corrected chi connectivity index (χ2v) is 5.92. The first-order valence-corrected chi connectivity index (χ1v) is 6.49. The summed E-state index contributed by atoms with van der Waals surface area (Å²) in [6, 6.07) is 0. The van der Waals surface area contributed by atoms with Gasteiger partial charge in [0, 0.05) is 30.6 Å². The average Bonchev–Trinajstić information content (AvgIpc) is 2.68. The van der Waals surface area contributed by atoms with Crippen LogP contribution in [-0.2, 0) is 0 Å². The summed E-state index contributed by atoms with van der Waals surface area (Å²) in [6.45, 7) is 6.64. The highest BCUT2D eigenvalue weighted by Gasteiger charge is 2.34. The Morgan fingerprint density at radius 1 is 1.53 bits per heavy atom. The molecule has 1 fully saturated rings. The Labute approximate surface area is 105 Å². The Balaban J connectivity index is 2.11. The van der Waals surface area contributed by atoms with Gasteiger partial charge in [0.2, 0.25) is 0 Å². The van der Waals surface area contributed by atoms with Gasteiger partial charge in [-0.2, -0.15) is 0 Å². The van der Waals surface area contributed by atoms with E-state index in [9.17, 15) is 4.79 Å². The van der Waals surface area contributed by atoms with Gasteiger partial charge >= 0.3 is 0 Å². The predicted octanol–water partition coefficient (Wildman–Crippen LogP) is 0.891. The van der Waals surface area contributed by atoms with Crippen molar-refractivity contribution >= 4 is 22.4 Å². The van der Waals surface area contributed by atoms with Crippen LogP contribution in [0, 0.1) is 0 Å². The summed E-state index contributed by atoms with van der Waals surface area (Å²) < 4.78 is 0. The quantitative estimate of drug-likeness (QED) is 0.808. The van der Waals surface area contributed by atoms with Gasteiger partial charge in [-0.3, -0.25) is 9.69 Å². The average molecular weight is 254 g/mol. The highest BCUT2D eigenvalue weighted by molar-refractivity contribution is 7.13. The van der Waals surface area contributed by atoms with Crippen molar-refractivity contribution in [1.29, 1.82) is 0 Å². The van der Waals surface area contributed by atoms with Crippen molar-refractivity contribution in [2.75, 3.05) is 32.4 Å². The molecule has 2 N–H and O–H groups in total. The van der Waals surface area contributed by atoms with Gasteiger partial charge < -0.3 is 10.6 Å². The second-order valence-electron chi connectivity index (χ2n) is 5.03. The number of carbonyl (C=O) groups excluding carboxylic acids is 1. The fourth-order valence-corrected chi connectivity index (χ4v) is 2.50. The molecule has 1 aliphatic rings. The Hall–Kier alpha value is -1.14. The summed E-state index contributed by atoms with van der Waals surface area (Å²) in [6.07, 6.45) is 0. The molecule has 0 saturated carbocycles. The lowest BCUT2D eigenvalue weighted by atomic mass is 9.99. The van der Waals surface area contributed by atoms with Crippen LogP contribution in [0.5, 0.6) is 0 Å². The molecule has 94 valence electrons. The van der Waals surface area contributed by atoms with Gasteiger partial charge in [0.25, 0.3) is 5.91 Å². The van der Waals surface area contributed by atoms with Gasteiger partial charge in [-0.25, -0.2) is 4.98 Å². The van der Waals surface area contributed by atoms with Crippen molar-refractivity contribution in [2.24, 2.45) is 0 Å². The van der Waals surface area contributed by atoms with E-state index in [2.05, 4.69) is 30.8 Å². The van der Waals surface area contributed by atoms with Crippen molar-refractivity contribution in [3.63, 3.8) is 0 Å². The SMILES string of the molecule is CN1CCN(C(=O)c2csc(N)n2)CC1(C)C. The smallest absolute Gasteiger partial charge is 0.273 e. The number of nitrogens with zero attached hydrogens (tertiary/aromatic N) is 3. The molecule has 17 heavy (non-hydrogen) atoms. The third-order valence-corrected chi connectivity index (χ3v) is 4.02. The van der Waals surface area contributed by atoms with Gasteiger partial charge in [-0.1, -0.05) is 0 Å². The lowest BCUT2D eigenvalue weighted by Crippen LogP contribution is -2.58. The molecular formula is C11H18N4OS. The summed E-state index contributed by atoms with van der Waals surface area (Å²) in [4.78, 5) is 20.4. The van der Waals surface area contributed by atoms with E-state index < -0.39 is 0 Å². The molecule has 0 bridgehead atoms. The van der Waals surface area contributed by atoms with E-state index >= 15 is 0 Å². The summed E-state index contributed by atoms with van der Waals surface area (Å²) in [5, 5.41) is 2.17. The topological polar surface area (TPSA) is 62.5 Å². The van der Waals surface area contributed by atoms with Crippen LogP contribution in [0.3, 0.4) is 0 Å². The molecule has 1 saturated heterocycles. The second kappa shape index (κ2) is 4.27. The highest BCUT2D eigenvalue weighted by atomic mass is 32.1. The molecule has 0 aromatic carbocycles. The number of thiazole rings is 1. The molecule has 1 amide bonds. The fraction of sp³-hybridized carbons (Fsp3) is 0.636. The normalized spacial score (nSPS) is 20.5. The number of piperazine rings is 1. The van der Waals surface area contributed by atoms with E-state index in [0.717, 1.165) is 19.6 Å². The zero-order valence-electron chi connectivity index (χ0n) is 10.4. The van der Waals surface area contributed by atoms with Gasteiger partial charge in [0.1, 0.15) is 5.69 Å². The van der Waals surface area contributed by atoms with Crippen molar-refractivity contribution in [3.05, 3.63) is 11.1 Å².